The highest BCUT2D eigenvalue weighted by atomic mass is 19.1. The Morgan fingerprint density at radius 3 is 2.47 bits per heavy atom. The van der Waals surface area contributed by atoms with E-state index in [1.54, 1.807) is 25.1 Å². The van der Waals surface area contributed by atoms with Crippen LogP contribution in [0.15, 0.2) is 67.1 Å². The number of nitrogens with zero attached hydrogens (tertiary/aromatic N) is 5. The molecule has 0 aliphatic heterocycles. The van der Waals surface area contributed by atoms with Gasteiger partial charge in [-0.15, -0.1) is 0 Å². The number of carbonyl (C=O) groups is 2. The Kier molecular flexibility index (Phi) is 6.18. The Morgan fingerprint density at radius 2 is 1.72 bits per heavy atom. The van der Waals surface area contributed by atoms with Gasteiger partial charge in [-0.1, -0.05) is 36.4 Å². The summed E-state index contributed by atoms with van der Waals surface area (Å²) in [5.74, 6) is -0.519. The van der Waals surface area contributed by atoms with Crippen LogP contribution in [0, 0.1) is 12.7 Å². The van der Waals surface area contributed by atoms with Crippen molar-refractivity contribution in [2.24, 2.45) is 0 Å². The molecule has 0 radical (unpaired) electrons. The van der Waals surface area contributed by atoms with Crippen molar-refractivity contribution in [2.45, 2.75) is 20.0 Å². The second kappa shape index (κ2) is 9.74. The summed E-state index contributed by atoms with van der Waals surface area (Å²) >= 11 is 0. The molecule has 2 aromatic carbocycles. The lowest BCUT2D eigenvalue weighted by atomic mass is 10.1. The number of fused-ring (bicyclic) bond motifs is 1. The molecule has 0 bridgehead atoms. The number of amides is 2. The normalized spacial score (nSPS) is 10.9. The van der Waals surface area contributed by atoms with E-state index in [1.165, 1.54) is 29.2 Å². The van der Waals surface area contributed by atoms with Gasteiger partial charge in [0.15, 0.2) is 11.5 Å². The van der Waals surface area contributed by atoms with Gasteiger partial charge in [0, 0.05) is 30.8 Å². The van der Waals surface area contributed by atoms with Crippen molar-refractivity contribution in [1.29, 1.82) is 0 Å². The standard InChI is InChI=1S/C25H21FN8O2/c1-15-10-17(4-7-19(15)26)13-27-24(35)20-11-21(34-22(32-20)8-9-31-34)25(36)28-12-16-2-5-18(6-3-16)23-29-14-30-33-23/h2-11,14H,12-13H2,1H3,(H,27,35)(H,28,36)(H,29,30,33). The number of aryl methyl sites for hydroxylation is 1. The molecule has 0 spiro atoms. The maximum absolute atomic E-state index is 13.5. The molecule has 0 atom stereocenters. The first-order valence-electron chi connectivity index (χ1n) is 11.1. The largest absolute Gasteiger partial charge is 0.347 e. The lowest BCUT2D eigenvalue weighted by Crippen LogP contribution is -2.28. The third kappa shape index (κ3) is 4.80. The molecule has 180 valence electrons. The van der Waals surface area contributed by atoms with E-state index in [4.69, 9.17) is 0 Å². The fraction of sp³-hybridized carbons (Fsp3) is 0.120. The summed E-state index contributed by atoms with van der Waals surface area (Å²) in [7, 11) is 0. The van der Waals surface area contributed by atoms with E-state index in [0.29, 0.717) is 17.0 Å². The van der Waals surface area contributed by atoms with Gasteiger partial charge in [-0.05, 0) is 29.7 Å². The second-order valence-electron chi connectivity index (χ2n) is 8.11. The predicted molar refractivity (Wildman–Crippen MR) is 128 cm³/mol. The van der Waals surface area contributed by atoms with Crippen molar-refractivity contribution in [1.82, 2.24) is 40.4 Å². The monoisotopic (exact) mass is 484 g/mol. The van der Waals surface area contributed by atoms with Gasteiger partial charge < -0.3 is 10.6 Å². The summed E-state index contributed by atoms with van der Waals surface area (Å²) in [4.78, 5) is 34.2. The van der Waals surface area contributed by atoms with Gasteiger partial charge in [0.2, 0.25) is 0 Å². The lowest BCUT2D eigenvalue weighted by Gasteiger charge is -2.10. The van der Waals surface area contributed by atoms with Gasteiger partial charge in [-0.25, -0.2) is 18.9 Å². The Balaban J connectivity index is 1.29. The summed E-state index contributed by atoms with van der Waals surface area (Å²) in [5, 5.41) is 16.4. The Hall–Kier alpha value is -4.93. The van der Waals surface area contributed by atoms with Crippen LogP contribution in [0.5, 0.6) is 0 Å². The maximum atomic E-state index is 13.5. The molecular formula is C25H21FN8O2. The van der Waals surface area contributed by atoms with Gasteiger partial charge >= 0.3 is 0 Å². The zero-order valence-corrected chi connectivity index (χ0v) is 19.2. The fourth-order valence-corrected chi connectivity index (χ4v) is 3.68. The number of rotatable bonds is 7. The van der Waals surface area contributed by atoms with Crippen molar-refractivity contribution >= 4 is 17.5 Å². The van der Waals surface area contributed by atoms with Gasteiger partial charge in [0.25, 0.3) is 11.8 Å². The average Bonchev–Trinajstić information content (AvgIpc) is 3.60. The molecule has 10 nitrogen and oxygen atoms in total. The molecule has 0 saturated carbocycles. The van der Waals surface area contributed by atoms with Crippen molar-refractivity contribution in [3.8, 4) is 11.4 Å². The van der Waals surface area contributed by atoms with Gasteiger partial charge in [-0.2, -0.15) is 10.2 Å². The summed E-state index contributed by atoms with van der Waals surface area (Å²) < 4.78 is 14.9. The quantitative estimate of drug-likeness (QED) is 0.326. The molecule has 0 unspecified atom stereocenters. The SMILES string of the molecule is Cc1cc(CNC(=O)c2cc(C(=O)NCc3ccc(-c4ncn[nH]4)cc3)n3nccc3n2)ccc1F. The smallest absolute Gasteiger partial charge is 0.270 e. The third-order valence-corrected chi connectivity index (χ3v) is 5.60. The number of aromatic nitrogens is 6. The molecule has 3 aromatic heterocycles. The maximum Gasteiger partial charge on any atom is 0.270 e. The first kappa shape index (κ1) is 22.8. The molecule has 3 N–H and O–H groups in total. The van der Waals surface area contributed by atoms with Crippen LogP contribution in [0.2, 0.25) is 0 Å². The van der Waals surface area contributed by atoms with E-state index in [0.717, 1.165) is 16.7 Å². The van der Waals surface area contributed by atoms with Gasteiger partial charge in [0.1, 0.15) is 23.5 Å². The minimum atomic E-state index is -0.460. The van der Waals surface area contributed by atoms with Gasteiger partial charge in [-0.3, -0.25) is 14.7 Å². The molecule has 2 amide bonds. The molecule has 0 aliphatic carbocycles. The Bertz CT molecular complexity index is 1540. The van der Waals surface area contributed by atoms with E-state index < -0.39 is 11.8 Å². The topological polar surface area (TPSA) is 130 Å². The van der Waals surface area contributed by atoms with E-state index in [9.17, 15) is 14.0 Å². The molecule has 0 aliphatic rings. The highest BCUT2D eigenvalue weighted by molar-refractivity contribution is 5.98. The van der Waals surface area contributed by atoms with Crippen LogP contribution in [0.3, 0.4) is 0 Å². The third-order valence-electron chi connectivity index (χ3n) is 5.60. The minimum absolute atomic E-state index is 0.0726. The van der Waals surface area contributed by atoms with Gasteiger partial charge in [0.05, 0.1) is 6.20 Å². The summed E-state index contributed by atoms with van der Waals surface area (Å²) in [6, 6.07) is 15.2. The van der Waals surface area contributed by atoms with Crippen LogP contribution in [-0.2, 0) is 13.1 Å². The van der Waals surface area contributed by atoms with Crippen molar-refractivity contribution in [2.75, 3.05) is 0 Å². The molecule has 5 aromatic rings. The number of halogens is 1. The molecule has 5 rings (SSSR count). The molecule has 0 fully saturated rings. The van der Waals surface area contributed by atoms with Crippen molar-refractivity contribution in [3.05, 3.63) is 101 Å². The number of benzene rings is 2. The molecular weight excluding hydrogens is 463 g/mol. The van der Waals surface area contributed by atoms with Crippen LogP contribution >= 0.6 is 0 Å². The number of aromatic amines is 1. The Labute approximate surface area is 204 Å². The van der Waals surface area contributed by atoms with Crippen molar-refractivity contribution < 1.29 is 14.0 Å². The van der Waals surface area contributed by atoms with Crippen LogP contribution in [0.1, 0.15) is 37.7 Å². The minimum Gasteiger partial charge on any atom is -0.347 e. The zero-order chi connectivity index (χ0) is 25.1. The van der Waals surface area contributed by atoms with Crippen molar-refractivity contribution in [3.63, 3.8) is 0 Å². The molecule has 11 heteroatoms. The number of H-pyrrole nitrogens is 1. The predicted octanol–water partition coefficient (Wildman–Crippen LogP) is 2.82. The fourth-order valence-electron chi connectivity index (χ4n) is 3.68. The first-order chi connectivity index (χ1) is 17.5. The van der Waals surface area contributed by atoms with E-state index >= 15 is 0 Å². The highest BCUT2D eigenvalue weighted by Crippen LogP contribution is 2.15. The van der Waals surface area contributed by atoms with E-state index in [1.807, 2.05) is 24.3 Å². The zero-order valence-electron chi connectivity index (χ0n) is 19.2. The lowest BCUT2D eigenvalue weighted by molar-refractivity contribution is 0.0942. The molecule has 3 heterocycles. The summed E-state index contributed by atoms with van der Waals surface area (Å²) in [6.45, 7) is 2.12. The molecule has 36 heavy (non-hydrogen) atoms. The molecule has 0 saturated heterocycles. The van der Waals surface area contributed by atoms with Crippen LogP contribution in [0.4, 0.5) is 4.39 Å². The average molecular weight is 484 g/mol. The van der Waals surface area contributed by atoms with E-state index in [-0.39, 0.29) is 30.3 Å². The van der Waals surface area contributed by atoms with E-state index in [2.05, 4.69) is 35.9 Å². The highest BCUT2D eigenvalue weighted by Gasteiger charge is 2.17. The first-order valence-corrected chi connectivity index (χ1v) is 11.1. The van der Waals surface area contributed by atoms with Crippen LogP contribution in [-0.4, -0.2) is 41.6 Å². The Morgan fingerprint density at radius 1 is 0.972 bits per heavy atom. The number of nitrogens with one attached hydrogen (secondary N) is 3. The summed E-state index contributed by atoms with van der Waals surface area (Å²) in [6.07, 6.45) is 2.94. The number of hydrogen-bond donors (Lipinski definition) is 3. The number of carbonyl (C=O) groups excluding carboxylic acids is 2. The number of hydrogen-bond acceptors (Lipinski definition) is 6. The second-order valence-corrected chi connectivity index (χ2v) is 8.11. The summed E-state index contributed by atoms with van der Waals surface area (Å²) in [5.41, 5.74) is 3.61. The van der Waals surface area contributed by atoms with Crippen LogP contribution < -0.4 is 10.6 Å². The van der Waals surface area contributed by atoms with Crippen LogP contribution in [0.25, 0.3) is 17.0 Å².